The fourth-order valence-corrected chi connectivity index (χ4v) is 5.10. The fraction of sp³-hybridized carbons (Fsp3) is 0.0741. The van der Waals surface area contributed by atoms with Crippen LogP contribution in [0, 0.1) is 0 Å². The van der Waals surface area contributed by atoms with Gasteiger partial charge in [-0.05, 0) is 54.6 Å². The Balaban J connectivity index is 1.38. The van der Waals surface area contributed by atoms with Gasteiger partial charge in [0.2, 0.25) is 0 Å². The molecule has 1 aliphatic rings. The predicted molar refractivity (Wildman–Crippen MR) is 131 cm³/mol. The molecule has 2 aromatic carbocycles. The largest absolute Gasteiger partial charge is 0.466 e. The SMILES string of the molecule is O=C(OCc1ccco1)c1ccc2c(c1)N(Cc1cn3ccccc3n1)C(=O)c1ccccc1S2. The molecule has 6 rings (SSSR count). The number of esters is 1. The molecular formula is C27H19N3O4S. The molecule has 1 aliphatic heterocycles. The Morgan fingerprint density at radius 1 is 1.00 bits per heavy atom. The first-order chi connectivity index (χ1) is 17.2. The smallest absolute Gasteiger partial charge is 0.338 e. The third kappa shape index (κ3) is 4.08. The number of pyridine rings is 1. The number of furan rings is 1. The predicted octanol–water partition coefficient (Wildman–Crippen LogP) is 5.60. The Kier molecular flexibility index (Phi) is 5.35. The topological polar surface area (TPSA) is 77.1 Å². The third-order valence-electron chi connectivity index (χ3n) is 5.73. The minimum Gasteiger partial charge on any atom is -0.466 e. The second-order valence-electron chi connectivity index (χ2n) is 8.03. The molecule has 0 atom stereocenters. The maximum absolute atomic E-state index is 13.7. The maximum atomic E-state index is 13.7. The molecule has 0 spiro atoms. The van der Waals surface area contributed by atoms with Crippen molar-refractivity contribution in [2.45, 2.75) is 22.9 Å². The molecule has 35 heavy (non-hydrogen) atoms. The van der Waals surface area contributed by atoms with Gasteiger partial charge in [-0.15, -0.1) is 0 Å². The molecule has 7 nitrogen and oxygen atoms in total. The number of aromatic nitrogens is 2. The van der Waals surface area contributed by atoms with Crippen LogP contribution in [0.3, 0.4) is 0 Å². The monoisotopic (exact) mass is 481 g/mol. The van der Waals surface area contributed by atoms with Crippen LogP contribution in [0.2, 0.25) is 0 Å². The zero-order chi connectivity index (χ0) is 23.8. The fourth-order valence-electron chi connectivity index (χ4n) is 4.04. The number of nitrogens with zero attached hydrogens (tertiary/aromatic N) is 3. The quantitative estimate of drug-likeness (QED) is 0.304. The lowest BCUT2D eigenvalue weighted by molar-refractivity contribution is 0.0445. The van der Waals surface area contributed by atoms with Crippen LogP contribution in [-0.4, -0.2) is 21.3 Å². The lowest BCUT2D eigenvalue weighted by Gasteiger charge is -2.22. The van der Waals surface area contributed by atoms with Gasteiger partial charge < -0.3 is 18.5 Å². The molecular weight excluding hydrogens is 462 g/mol. The Morgan fingerprint density at radius 3 is 2.74 bits per heavy atom. The number of fused-ring (bicyclic) bond motifs is 3. The van der Waals surface area contributed by atoms with E-state index in [1.54, 1.807) is 29.2 Å². The van der Waals surface area contributed by atoms with E-state index in [-0.39, 0.29) is 19.1 Å². The van der Waals surface area contributed by atoms with Crippen molar-refractivity contribution in [3.05, 3.63) is 114 Å². The summed E-state index contributed by atoms with van der Waals surface area (Å²) >= 11 is 1.50. The molecule has 1 amide bonds. The number of amides is 1. The normalized spacial score (nSPS) is 12.8. The van der Waals surface area contributed by atoms with E-state index in [9.17, 15) is 9.59 Å². The highest BCUT2D eigenvalue weighted by Crippen LogP contribution is 2.42. The van der Waals surface area contributed by atoms with Crippen molar-refractivity contribution in [2.24, 2.45) is 0 Å². The summed E-state index contributed by atoms with van der Waals surface area (Å²) in [6, 6.07) is 22.1. The summed E-state index contributed by atoms with van der Waals surface area (Å²) in [4.78, 5) is 34.6. The van der Waals surface area contributed by atoms with Crippen LogP contribution in [0.4, 0.5) is 5.69 Å². The van der Waals surface area contributed by atoms with E-state index in [2.05, 4.69) is 4.98 Å². The minimum atomic E-state index is -0.490. The molecule has 0 N–H and O–H groups in total. The Morgan fingerprint density at radius 2 is 1.89 bits per heavy atom. The lowest BCUT2D eigenvalue weighted by atomic mass is 10.1. The van der Waals surface area contributed by atoms with Crippen LogP contribution in [0.5, 0.6) is 0 Å². The average molecular weight is 482 g/mol. The van der Waals surface area contributed by atoms with Crippen molar-refractivity contribution in [3.63, 3.8) is 0 Å². The van der Waals surface area contributed by atoms with E-state index < -0.39 is 5.97 Å². The van der Waals surface area contributed by atoms with Gasteiger partial charge in [-0.25, -0.2) is 9.78 Å². The van der Waals surface area contributed by atoms with Crippen molar-refractivity contribution in [1.29, 1.82) is 0 Å². The molecule has 0 fully saturated rings. The number of hydrogen-bond donors (Lipinski definition) is 0. The molecule has 0 bridgehead atoms. The van der Waals surface area contributed by atoms with Gasteiger partial charge in [0, 0.05) is 22.2 Å². The van der Waals surface area contributed by atoms with Crippen molar-refractivity contribution < 1.29 is 18.7 Å². The highest BCUT2D eigenvalue weighted by Gasteiger charge is 2.29. The van der Waals surface area contributed by atoms with Gasteiger partial charge >= 0.3 is 5.97 Å². The van der Waals surface area contributed by atoms with E-state index in [1.807, 2.05) is 65.3 Å². The molecule has 5 aromatic rings. The Bertz CT molecular complexity index is 1530. The highest BCUT2D eigenvalue weighted by atomic mass is 32.2. The van der Waals surface area contributed by atoms with E-state index in [4.69, 9.17) is 9.15 Å². The minimum absolute atomic E-state index is 0.0347. The van der Waals surface area contributed by atoms with Crippen LogP contribution < -0.4 is 4.90 Å². The van der Waals surface area contributed by atoms with Crippen LogP contribution in [-0.2, 0) is 17.9 Å². The molecule has 0 unspecified atom stereocenters. The van der Waals surface area contributed by atoms with Crippen LogP contribution >= 0.6 is 11.8 Å². The molecule has 4 heterocycles. The van der Waals surface area contributed by atoms with Crippen molar-refractivity contribution >= 4 is 35.0 Å². The Labute approximate surface area is 205 Å². The van der Waals surface area contributed by atoms with Gasteiger partial charge in [0.1, 0.15) is 18.0 Å². The van der Waals surface area contributed by atoms with Gasteiger partial charge in [-0.1, -0.05) is 30.0 Å². The van der Waals surface area contributed by atoms with E-state index in [0.717, 1.165) is 21.1 Å². The Hall–Kier alpha value is -4.30. The molecule has 172 valence electrons. The number of imidazole rings is 1. The first-order valence-corrected chi connectivity index (χ1v) is 11.8. The number of rotatable bonds is 5. The number of hydrogen-bond acceptors (Lipinski definition) is 6. The van der Waals surface area contributed by atoms with Crippen LogP contribution in [0.15, 0.2) is 106 Å². The zero-order valence-electron chi connectivity index (χ0n) is 18.5. The van der Waals surface area contributed by atoms with E-state index in [1.165, 1.54) is 18.0 Å². The summed E-state index contributed by atoms with van der Waals surface area (Å²) in [6.07, 6.45) is 5.36. The van der Waals surface area contributed by atoms with E-state index in [0.29, 0.717) is 22.6 Å². The molecule has 8 heteroatoms. The van der Waals surface area contributed by atoms with Gasteiger partial charge in [-0.2, -0.15) is 0 Å². The first kappa shape index (κ1) is 21.2. The first-order valence-electron chi connectivity index (χ1n) is 11.0. The van der Waals surface area contributed by atoms with Crippen LogP contribution in [0.1, 0.15) is 32.2 Å². The second kappa shape index (κ2) is 8.81. The van der Waals surface area contributed by atoms with Gasteiger partial charge in [0.05, 0.1) is 35.3 Å². The summed E-state index contributed by atoms with van der Waals surface area (Å²) in [5.41, 5.74) is 3.15. The number of anilines is 1. The third-order valence-corrected chi connectivity index (χ3v) is 6.87. The van der Waals surface area contributed by atoms with Gasteiger partial charge in [-0.3, -0.25) is 4.79 Å². The lowest BCUT2D eigenvalue weighted by Crippen LogP contribution is -2.30. The number of carbonyl (C=O) groups is 2. The number of ether oxygens (including phenoxy) is 1. The summed E-state index contributed by atoms with van der Waals surface area (Å²) in [7, 11) is 0. The summed E-state index contributed by atoms with van der Waals surface area (Å²) in [6.45, 7) is 0.292. The van der Waals surface area contributed by atoms with Crippen molar-refractivity contribution in [1.82, 2.24) is 9.38 Å². The number of carbonyl (C=O) groups excluding carboxylic acids is 2. The molecule has 0 aliphatic carbocycles. The van der Waals surface area contributed by atoms with Crippen LogP contribution in [0.25, 0.3) is 5.65 Å². The summed E-state index contributed by atoms with van der Waals surface area (Å²) < 4.78 is 12.6. The zero-order valence-corrected chi connectivity index (χ0v) is 19.3. The van der Waals surface area contributed by atoms with E-state index >= 15 is 0 Å². The van der Waals surface area contributed by atoms with Gasteiger partial charge in [0.25, 0.3) is 5.91 Å². The van der Waals surface area contributed by atoms with Crippen molar-refractivity contribution in [2.75, 3.05) is 4.90 Å². The van der Waals surface area contributed by atoms with Gasteiger partial charge in [0.15, 0.2) is 0 Å². The molecule has 0 saturated heterocycles. The van der Waals surface area contributed by atoms with Crippen molar-refractivity contribution in [3.8, 4) is 0 Å². The molecule has 0 radical (unpaired) electrons. The number of benzene rings is 2. The average Bonchev–Trinajstić information content (AvgIpc) is 3.53. The molecule has 0 saturated carbocycles. The second-order valence-corrected chi connectivity index (χ2v) is 9.11. The maximum Gasteiger partial charge on any atom is 0.338 e. The highest BCUT2D eigenvalue weighted by molar-refractivity contribution is 7.99. The summed E-state index contributed by atoms with van der Waals surface area (Å²) in [5, 5.41) is 0. The molecule has 3 aromatic heterocycles. The standard InChI is InChI=1S/C27H19N3O4S/c31-26-21-7-1-2-8-23(21)35-24-11-10-18(27(32)34-17-20-6-5-13-33-20)14-22(24)30(26)16-19-15-29-12-4-3-9-25(29)28-19/h1-15H,16-17H2. The summed E-state index contributed by atoms with van der Waals surface area (Å²) in [5.74, 6) is -0.0798.